The standard InChI is InChI=1S/2C11H7N3S4.2C5H2F6O2.Cu/c2*1-2-13-9(6-12-1)14-5-8-7-17-11(18-8)10-15-3-4-16-10;2*6-4(7,8)2(12)1-3(13)5(9,10)11;/h2*1-7H;2*1,12H;/q;;;;+2/p-2/b;;2*2-1-;. The summed E-state index contributed by atoms with van der Waals surface area (Å²) in [5.74, 6) is -10.0. The van der Waals surface area contributed by atoms with E-state index in [1.807, 2.05) is 12.4 Å². The number of carbonyl (C=O) groups is 2. The number of hydrogen-bond donors (Lipinski definition) is 0. The molecule has 341 valence electrons. The van der Waals surface area contributed by atoms with Crippen molar-refractivity contribution in [2.24, 2.45) is 9.98 Å². The molecule has 10 nitrogen and oxygen atoms in total. The first kappa shape index (κ1) is 56.0. The zero-order valence-corrected chi connectivity index (χ0v) is 37.1. The Hall–Kier alpha value is -3.16. The van der Waals surface area contributed by atoms with Crippen molar-refractivity contribution in [1.29, 1.82) is 0 Å². The van der Waals surface area contributed by atoms with E-state index in [-0.39, 0.29) is 17.1 Å². The minimum atomic E-state index is -5.46. The molecule has 0 saturated carbocycles. The van der Waals surface area contributed by atoms with Crippen LogP contribution < -0.4 is 10.2 Å². The Balaban J connectivity index is 0.000000292. The van der Waals surface area contributed by atoms with Crippen LogP contribution in [0.5, 0.6) is 0 Å². The van der Waals surface area contributed by atoms with Crippen LogP contribution in [0.1, 0.15) is 0 Å². The number of nitrogens with zero attached hydrogens (tertiary/aromatic N) is 6. The largest absolute Gasteiger partial charge is 2.00 e. The summed E-state index contributed by atoms with van der Waals surface area (Å²) < 4.78 is 141. The predicted molar refractivity (Wildman–Crippen MR) is 220 cm³/mol. The van der Waals surface area contributed by atoms with Crippen molar-refractivity contribution in [3.63, 3.8) is 0 Å². The van der Waals surface area contributed by atoms with Crippen LogP contribution in [0.4, 0.5) is 64.3 Å². The topological polar surface area (TPSA) is 157 Å². The average Bonchev–Trinajstić information content (AvgIpc) is 4.05. The van der Waals surface area contributed by atoms with Crippen LogP contribution in [-0.2, 0) is 26.7 Å². The van der Waals surface area contributed by atoms with Gasteiger partial charge in [0.2, 0.25) is 0 Å². The molecule has 0 amide bonds. The molecule has 4 aliphatic heterocycles. The molecule has 0 N–H and O–H groups in total. The third kappa shape index (κ3) is 21.1. The molecule has 0 saturated heterocycles. The van der Waals surface area contributed by atoms with E-state index >= 15 is 0 Å². The summed E-state index contributed by atoms with van der Waals surface area (Å²) in [5, 5.41) is 32.3. The van der Waals surface area contributed by atoms with Gasteiger partial charge in [0, 0.05) is 47.0 Å². The van der Waals surface area contributed by atoms with Crippen molar-refractivity contribution < 1.29 is 89.6 Å². The molecule has 0 spiro atoms. The molecule has 4 aliphatic rings. The molecule has 1 radical (unpaired) electrons. The zero-order valence-electron chi connectivity index (χ0n) is 29.7. The van der Waals surface area contributed by atoms with E-state index in [1.165, 1.54) is 16.9 Å². The average molecular weight is 1100 g/mol. The van der Waals surface area contributed by atoms with E-state index in [4.69, 9.17) is 0 Å². The molecule has 2 aromatic rings. The van der Waals surface area contributed by atoms with Crippen molar-refractivity contribution in [2.45, 2.75) is 24.7 Å². The molecule has 0 atom stereocenters. The number of ketones is 2. The molecule has 6 heterocycles. The van der Waals surface area contributed by atoms with Crippen molar-refractivity contribution in [1.82, 2.24) is 19.9 Å². The Morgan fingerprint density at radius 1 is 0.508 bits per heavy atom. The smallest absolute Gasteiger partial charge is 0.869 e. The number of aromatic nitrogens is 4. The molecule has 31 heteroatoms. The van der Waals surface area contributed by atoms with Gasteiger partial charge < -0.3 is 10.2 Å². The van der Waals surface area contributed by atoms with Gasteiger partial charge >= 0.3 is 41.8 Å². The number of rotatable bonds is 6. The summed E-state index contributed by atoms with van der Waals surface area (Å²) >= 11 is 14.1. The maximum absolute atomic E-state index is 11.3. The van der Waals surface area contributed by atoms with E-state index in [0.717, 1.165) is 9.81 Å². The van der Waals surface area contributed by atoms with Gasteiger partial charge in [0.25, 0.3) is 11.6 Å². The number of allylic oxidation sites excluding steroid dienone is 6. The summed E-state index contributed by atoms with van der Waals surface area (Å²) in [6, 6.07) is 0. The Morgan fingerprint density at radius 2 is 0.841 bits per heavy atom. The normalized spacial score (nSPS) is 16.8. The minimum absolute atomic E-state index is 0. The monoisotopic (exact) mass is 1090 g/mol. The zero-order chi connectivity index (χ0) is 46.1. The Labute approximate surface area is 391 Å². The van der Waals surface area contributed by atoms with Crippen molar-refractivity contribution in [3.05, 3.63) is 120 Å². The van der Waals surface area contributed by atoms with Crippen LogP contribution in [0.3, 0.4) is 0 Å². The molecule has 0 bridgehead atoms. The fourth-order valence-electron chi connectivity index (χ4n) is 2.97. The molecular weight excluding hydrogens is 1080 g/mol. The van der Waals surface area contributed by atoms with Gasteiger partial charge in [0.05, 0.1) is 29.3 Å². The van der Waals surface area contributed by atoms with Crippen molar-refractivity contribution >= 4 is 130 Å². The summed E-state index contributed by atoms with van der Waals surface area (Å²) in [6.07, 6.45) is -10.3. The number of hydrogen-bond acceptors (Lipinski definition) is 18. The molecule has 63 heavy (non-hydrogen) atoms. The van der Waals surface area contributed by atoms with Crippen LogP contribution in [0, 0.1) is 0 Å². The Bertz CT molecular complexity index is 2060. The van der Waals surface area contributed by atoms with Gasteiger partial charge in [-0.2, -0.15) is 52.7 Å². The molecule has 0 aromatic carbocycles. The number of aliphatic imine (C=N–C) groups is 2. The third-order valence-corrected chi connectivity index (χ3v) is 15.5. The minimum Gasteiger partial charge on any atom is -0.869 e. The van der Waals surface area contributed by atoms with Crippen LogP contribution in [0.25, 0.3) is 0 Å². The van der Waals surface area contributed by atoms with Crippen molar-refractivity contribution in [2.75, 3.05) is 0 Å². The van der Waals surface area contributed by atoms with Gasteiger partial charge in [-0.05, 0) is 56.1 Å². The number of halogens is 12. The van der Waals surface area contributed by atoms with Crippen LogP contribution in [0.2, 0.25) is 0 Å². The first-order valence-electron chi connectivity index (χ1n) is 15.2. The van der Waals surface area contributed by atoms with Crippen molar-refractivity contribution in [3.8, 4) is 0 Å². The van der Waals surface area contributed by atoms with Crippen LogP contribution in [-0.4, -0.2) is 68.6 Å². The SMILES string of the molecule is C1=CSC(=C2SC=C(C=Nc3cnccn3)S2)S1.C1=CSC(=C2SC=C(C=Nc3cnccn3)S2)S1.O=C(/C=C(\[O-])C(F)(F)F)C(F)(F)F.O=C(/C=C(\[O-])C(F)(F)F)C(F)(F)F.[Cu+2]. The van der Waals surface area contributed by atoms with Gasteiger partial charge in [0.1, 0.15) is 0 Å². The van der Waals surface area contributed by atoms with E-state index < -0.39 is 59.9 Å². The van der Waals surface area contributed by atoms with Gasteiger partial charge in [-0.25, -0.2) is 20.0 Å². The third-order valence-electron chi connectivity index (χ3n) is 5.52. The number of alkyl halides is 12. The number of thioether (sulfide) groups is 8. The Morgan fingerprint density at radius 3 is 1.11 bits per heavy atom. The maximum atomic E-state index is 11.3. The molecule has 0 aliphatic carbocycles. The van der Waals surface area contributed by atoms with E-state index in [9.17, 15) is 72.5 Å². The van der Waals surface area contributed by atoms with Crippen LogP contribution in [0.15, 0.2) is 130 Å². The van der Waals surface area contributed by atoms with Gasteiger partial charge in [0.15, 0.2) is 11.6 Å². The number of carbonyl (C=O) groups excluding carboxylic acids is 2. The molecule has 2 aromatic heterocycles. The quantitative estimate of drug-likeness (QED) is 0.0884. The van der Waals surface area contributed by atoms with Gasteiger partial charge in [-0.1, -0.05) is 94.1 Å². The summed E-state index contributed by atoms with van der Waals surface area (Å²) in [5.41, 5.74) is 0. The fourth-order valence-corrected chi connectivity index (χ4v) is 11.6. The first-order valence-corrected chi connectivity index (χ1v) is 22.1. The van der Waals surface area contributed by atoms with E-state index in [0.29, 0.717) is 11.6 Å². The summed E-state index contributed by atoms with van der Waals surface area (Å²) in [7, 11) is 0. The molecule has 0 fully saturated rings. The van der Waals surface area contributed by atoms with Gasteiger partial charge in [-0.3, -0.25) is 19.6 Å². The molecule has 6 rings (SSSR count). The molecular formula is C32H16CuF12N6O4S8. The molecule has 0 unspecified atom stereocenters. The summed E-state index contributed by atoms with van der Waals surface area (Å²) in [4.78, 5) is 46.7. The van der Waals surface area contributed by atoms with E-state index in [2.05, 4.69) is 62.4 Å². The first-order chi connectivity index (χ1) is 28.9. The second-order valence-corrected chi connectivity index (χ2v) is 18.7. The van der Waals surface area contributed by atoms with E-state index in [1.54, 1.807) is 131 Å². The van der Waals surface area contributed by atoms with Gasteiger partial charge in [-0.15, -0.1) is 0 Å². The second kappa shape index (κ2) is 26.1. The van der Waals surface area contributed by atoms with Crippen LogP contribution >= 0.6 is 94.1 Å². The fraction of sp³-hybridized carbons (Fsp3) is 0.125. The maximum Gasteiger partial charge on any atom is 2.00 e. The predicted octanol–water partition coefficient (Wildman–Crippen LogP) is 11.0. The Kier molecular flexibility index (Phi) is 23.2. The summed E-state index contributed by atoms with van der Waals surface area (Å²) in [6.45, 7) is 0. The second-order valence-electron chi connectivity index (χ2n) is 10.0.